The zero-order valence-corrected chi connectivity index (χ0v) is 28.2. The van der Waals surface area contributed by atoms with Crippen molar-refractivity contribution < 1.29 is 18.8 Å². The van der Waals surface area contributed by atoms with Crippen molar-refractivity contribution in [2.24, 2.45) is 22.7 Å². The first kappa shape index (κ1) is 32.8. The Bertz CT molecular complexity index is 1530. The Labute approximate surface area is 279 Å². The maximum absolute atomic E-state index is 13.3. The van der Waals surface area contributed by atoms with Gasteiger partial charge in [-0.05, 0) is 117 Å². The van der Waals surface area contributed by atoms with Gasteiger partial charge in [-0.25, -0.2) is 4.21 Å². The molecule has 0 aromatic heterocycles. The van der Waals surface area contributed by atoms with Crippen LogP contribution in [0.15, 0.2) is 65.8 Å². The van der Waals surface area contributed by atoms with Crippen molar-refractivity contribution in [2.45, 2.75) is 69.1 Å². The maximum Gasteiger partial charge on any atom is 0.263 e. The Balaban J connectivity index is 0.000000557. The molecule has 7 atom stereocenters. The highest BCUT2D eigenvalue weighted by atomic mass is 35.5. The fourth-order valence-electron chi connectivity index (χ4n) is 7.36. The average molecular weight is 665 g/mol. The van der Waals surface area contributed by atoms with E-state index in [1.807, 2.05) is 56.5 Å². The predicted molar refractivity (Wildman–Crippen MR) is 186 cm³/mol. The molecule has 246 valence electrons. The summed E-state index contributed by atoms with van der Waals surface area (Å²) in [6, 6.07) is 11.8. The number of amides is 1. The molecule has 0 radical (unpaired) electrons. The van der Waals surface area contributed by atoms with Crippen molar-refractivity contribution >= 4 is 40.4 Å². The molecule has 6 unspecified atom stereocenters. The van der Waals surface area contributed by atoms with Gasteiger partial charge in [-0.3, -0.25) is 14.5 Å². The van der Waals surface area contributed by atoms with Crippen LogP contribution in [-0.2, 0) is 22.8 Å². The lowest BCUT2D eigenvalue weighted by molar-refractivity contribution is 0.0456. The van der Waals surface area contributed by atoms with Crippen LogP contribution in [0.5, 0.6) is 5.75 Å². The monoisotopic (exact) mass is 664 g/mol. The number of anilines is 1. The fraction of sp³-hybridized carbons (Fsp3) is 0.500. The normalized spacial score (nSPS) is 32.6. The molecule has 2 bridgehead atoms. The molecule has 10 heteroatoms. The summed E-state index contributed by atoms with van der Waals surface area (Å²) in [6.45, 7) is 6.76. The van der Waals surface area contributed by atoms with E-state index in [1.54, 1.807) is 12.3 Å². The first-order valence-corrected chi connectivity index (χ1v) is 18.1. The Morgan fingerprint density at radius 3 is 2.76 bits per heavy atom. The van der Waals surface area contributed by atoms with Crippen LogP contribution >= 0.6 is 11.6 Å². The van der Waals surface area contributed by atoms with E-state index >= 15 is 0 Å². The van der Waals surface area contributed by atoms with Gasteiger partial charge in [-0.2, -0.15) is 0 Å². The quantitative estimate of drug-likeness (QED) is 0.312. The molecule has 5 aliphatic rings. The number of benzene rings is 2. The molecular formula is C36H45ClN4O4S. The summed E-state index contributed by atoms with van der Waals surface area (Å²) < 4.78 is 22.3. The van der Waals surface area contributed by atoms with Crippen LogP contribution in [0.1, 0.15) is 67.4 Å². The summed E-state index contributed by atoms with van der Waals surface area (Å²) in [5.41, 5.74) is 3.75. The first-order chi connectivity index (χ1) is 22.2. The van der Waals surface area contributed by atoms with Crippen LogP contribution in [0.2, 0.25) is 5.02 Å². The smallest absolute Gasteiger partial charge is 0.263 e. The minimum atomic E-state index is -1.53. The molecule has 1 spiro atoms. The summed E-state index contributed by atoms with van der Waals surface area (Å²) in [5, 5.41) is 14.5. The van der Waals surface area contributed by atoms with Crippen LogP contribution in [0.25, 0.3) is 0 Å². The zero-order valence-electron chi connectivity index (χ0n) is 26.7. The van der Waals surface area contributed by atoms with Gasteiger partial charge in [-0.15, -0.1) is 0 Å². The molecular weight excluding hydrogens is 620 g/mol. The second-order valence-electron chi connectivity index (χ2n) is 13.4. The lowest BCUT2D eigenvalue weighted by Crippen LogP contribution is -2.49. The van der Waals surface area contributed by atoms with Crippen LogP contribution in [0.3, 0.4) is 0 Å². The van der Waals surface area contributed by atoms with Gasteiger partial charge in [0, 0.05) is 35.3 Å². The predicted octanol–water partition coefficient (Wildman–Crippen LogP) is 5.71. The third-order valence-corrected chi connectivity index (χ3v) is 12.2. The molecule has 1 amide bonds. The summed E-state index contributed by atoms with van der Waals surface area (Å²) in [4.78, 5) is 19.5. The number of fused-ring (bicyclic) bond motifs is 4. The van der Waals surface area contributed by atoms with E-state index in [4.69, 9.17) is 16.3 Å². The van der Waals surface area contributed by atoms with Gasteiger partial charge >= 0.3 is 0 Å². The summed E-state index contributed by atoms with van der Waals surface area (Å²) in [7, 11) is -1.53. The summed E-state index contributed by atoms with van der Waals surface area (Å²) in [5.74, 6) is 1.05. The first-order valence-electron chi connectivity index (χ1n) is 16.5. The number of aliphatic hydroxyl groups is 1. The Hall–Kier alpha value is -3.14. The van der Waals surface area contributed by atoms with Gasteiger partial charge in [0.05, 0.1) is 23.6 Å². The van der Waals surface area contributed by atoms with E-state index in [0.717, 1.165) is 68.3 Å². The highest BCUT2D eigenvalue weighted by molar-refractivity contribution is 7.84. The number of halogens is 1. The van der Waals surface area contributed by atoms with E-state index in [1.165, 1.54) is 11.1 Å². The number of nitrogens with zero attached hydrogens (tertiary/aromatic N) is 2. The topological polar surface area (TPSA) is 103 Å². The Morgan fingerprint density at radius 2 is 2.04 bits per heavy atom. The number of rotatable bonds is 0. The number of aliphatic hydroxyl groups excluding tert-OH is 1. The van der Waals surface area contributed by atoms with Gasteiger partial charge in [0.15, 0.2) is 0 Å². The zero-order chi connectivity index (χ0) is 32.3. The van der Waals surface area contributed by atoms with Crippen LogP contribution < -0.4 is 19.7 Å². The minimum Gasteiger partial charge on any atom is -0.490 e. The SMILES string of the molecule is C1=CNCN=C1.CC1C/C=C/C(O)C2CCC2CN2C[C@@]3(CCCc4cc(Cl)ccc43)COc3ccc(cc32)C(=O)NS(=O)C1C. The molecule has 2 aromatic carbocycles. The molecule has 3 aliphatic heterocycles. The molecule has 1 saturated carbocycles. The number of nitrogens with one attached hydrogen (secondary N) is 2. The number of aliphatic imine (C=N–C) groups is 1. The molecule has 8 nitrogen and oxygen atoms in total. The number of hydrogen-bond donors (Lipinski definition) is 3. The number of carbonyl (C=O) groups excluding carboxylic acids is 1. The molecule has 2 aromatic rings. The average Bonchev–Trinajstić information content (AvgIpc) is 3.20. The standard InChI is InChI=1S/C32H39ClN2O4S.C4H6N2/c1-20-5-3-7-29(36)26-11-8-24(26)17-35-18-32(14-4-6-22-15-25(33)10-12-27(22)32)19-39-30-13-9-23(16-28(30)35)31(37)34-40(38)21(20)2;1-2-5-4-6-3-1/h3,7,9-10,12-13,15-16,20-21,24,26,29,36H,4-6,8,11,14,17-19H2,1-2H3,(H,34,37);1-3,5H,4H2/b7-3+;/t20?,21?,24?,26?,29?,32-,40?;/m0./s1. The van der Waals surface area contributed by atoms with Gasteiger partial charge in [0.2, 0.25) is 0 Å². The number of allylic oxidation sites excluding steroid dienone is 2. The van der Waals surface area contributed by atoms with Gasteiger partial charge in [-0.1, -0.05) is 36.7 Å². The summed E-state index contributed by atoms with van der Waals surface area (Å²) in [6.07, 6.45) is 14.8. The number of carbonyl (C=O) groups is 1. The van der Waals surface area contributed by atoms with Crippen molar-refractivity contribution in [2.75, 3.05) is 31.3 Å². The maximum atomic E-state index is 13.3. The lowest BCUT2D eigenvalue weighted by Gasteiger charge is -2.45. The lowest BCUT2D eigenvalue weighted by atomic mass is 9.68. The number of hydrogen-bond acceptors (Lipinski definition) is 7. The number of ether oxygens (including phenoxy) is 1. The van der Waals surface area contributed by atoms with Gasteiger partial charge < -0.3 is 20.1 Å². The van der Waals surface area contributed by atoms with Crippen molar-refractivity contribution in [1.29, 1.82) is 0 Å². The number of aryl methyl sites for hydroxylation is 1. The molecule has 46 heavy (non-hydrogen) atoms. The Kier molecular flexibility index (Phi) is 10.2. The third-order valence-electron chi connectivity index (χ3n) is 10.4. The second-order valence-corrected chi connectivity index (χ2v) is 15.4. The largest absolute Gasteiger partial charge is 0.490 e. The molecule has 0 saturated heterocycles. The van der Waals surface area contributed by atoms with Crippen molar-refractivity contribution in [3.8, 4) is 5.75 Å². The second kappa shape index (κ2) is 14.3. The molecule has 3 N–H and O–H groups in total. The van der Waals surface area contributed by atoms with E-state index in [2.05, 4.69) is 32.1 Å². The fourth-order valence-corrected chi connectivity index (χ4v) is 8.58. The van der Waals surface area contributed by atoms with Gasteiger partial charge in [0.1, 0.15) is 23.4 Å². The van der Waals surface area contributed by atoms with E-state index in [9.17, 15) is 14.1 Å². The highest BCUT2D eigenvalue weighted by Gasteiger charge is 2.44. The minimum absolute atomic E-state index is 0.0926. The van der Waals surface area contributed by atoms with E-state index in [-0.39, 0.29) is 28.4 Å². The van der Waals surface area contributed by atoms with Crippen molar-refractivity contribution in [3.05, 3.63) is 82.5 Å². The van der Waals surface area contributed by atoms with Gasteiger partial charge in [0.25, 0.3) is 5.91 Å². The van der Waals surface area contributed by atoms with Crippen LogP contribution in [-0.4, -0.2) is 59.2 Å². The van der Waals surface area contributed by atoms with Crippen molar-refractivity contribution in [1.82, 2.24) is 10.0 Å². The molecule has 1 fully saturated rings. The molecule has 2 aliphatic carbocycles. The summed E-state index contributed by atoms with van der Waals surface area (Å²) >= 11 is 6.39. The van der Waals surface area contributed by atoms with Crippen LogP contribution in [0, 0.1) is 17.8 Å². The van der Waals surface area contributed by atoms with Crippen molar-refractivity contribution in [3.63, 3.8) is 0 Å². The molecule has 7 rings (SSSR count). The molecule has 3 heterocycles. The van der Waals surface area contributed by atoms with E-state index < -0.39 is 17.1 Å². The highest BCUT2D eigenvalue weighted by Crippen LogP contribution is 2.46. The van der Waals surface area contributed by atoms with E-state index in [0.29, 0.717) is 24.5 Å². The third kappa shape index (κ3) is 7.06. The van der Waals surface area contributed by atoms with Crippen LogP contribution in [0.4, 0.5) is 5.69 Å². The Morgan fingerprint density at radius 1 is 1.17 bits per heavy atom.